The summed E-state index contributed by atoms with van der Waals surface area (Å²) in [5.74, 6) is -2.46. The Morgan fingerprint density at radius 1 is 1.56 bits per heavy atom. The molecule has 0 saturated carbocycles. The summed E-state index contributed by atoms with van der Waals surface area (Å²) in [7, 11) is 0. The van der Waals surface area contributed by atoms with Gasteiger partial charge in [0.25, 0.3) is 5.69 Å². The van der Waals surface area contributed by atoms with Crippen LogP contribution in [-0.2, 0) is 4.79 Å². The zero-order chi connectivity index (χ0) is 12.5. The summed E-state index contributed by atoms with van der Waals surface area (Å²) >= 11 is 0. The third-order valence-corrected chi connectivity index (χ3v) is 2.11. The van der Waals surface area contributed by atoms with Crippen LogP contribution >= 0.6 is 0 Å². The summed E-state index contributed by atoms with van der Waals surface area (Å²) in [6.45, 7) is 1.14. The molecular formula is C9H8FNO5. The van der Waals surface area contributed by atoms with Crippen LogP contribution in [0.5, 0.6) is 0 Å². The summed E-state index contributed by atoms with van der Waals surface area (Å²) in [4.78, 5) is 20.2. The van der Waals surface area contributed by atoms with E-state index in [4.69, 9.17) is 5.11 Å². The quantitative estimate of drug-likeness (QED) is 0.598. The number of hydrogen-bond acceptors (Lipinski definition) is 4. The maximum absolute atomic E-state index is 13.1. The lowest BCUT2D eigenvalue weighted by molar-refractivity contribution is -0.386. The second kappa shape index (κ2) is 4.23. The fraction of sp³-hybridized carbons (Fsp3) is 0.222. The summed E-state index contributed by atoms with van der Waals surface area (Å²) in [6, 6.07) is 1.77. The number of carboxylic acids is 1. The van der Waals surface area contributed by atoms with Crippen LogP contribution in [0.4, 0.5) is 10.1 Å². The van der Waals surface area contributed by atoms with Crippen LogP contribution in [-0.4, -0.2) is 21.1 Å². The number of rotatable bonds is 3. The molecule has 1 aromatic rings. The van der Waals surface area contributed by atoms with Crippen LogP contribution in [0, 0.1) is 22.9 Å². The molecule has 0 aliphatic carbocycles. The van der Waals surface area contributed by atoms with E-state index in [1.54, 1.807) is 0 Å². The van der Waals surface area contributed by atoms with Crippen molar-refractivity contribution in [2.24, 2.45) is 0 Å². The van der Waals surface area contributed by atoms with Crippen molar-refractivity contribution < 1.29 is 24.3 Å². The van der Waals surface area contributed by atoms with Crippen molar-refractivity contribution in [2.45, 2.75) is 13.0 Å². The molecule has 1 aromatic carbocycles. The molecule has 1 rings (SSSR count). The van der Waals surface area contributed by atoms with Crippen molar-refractivity contribution in [3.05, 3.63) is 39.2 Å². The highest BCUT2D eigenvalue weighted by Crippen LogP contribution is 2.30. The van der Waals surface area contributed by atoms with Gasteiger partial charge in [0, 0.05) is 0 Å². The molecule has 1 atom stereocenters. The number of aliphatic hydroxyl groups excluding tert-OH is 1. The topological polar surface area (TPSA) is 101 Å². The second-order valence-corrected chi connectivity index (χ2v) is 3.11. The van der Waals surface area contributed by atoms with E-state index < -0.39 is 34.1 Å². The van der Waals surface area contributed by atoms with E-state index in [9.17, 15) is 24.4 Å². The Morgan fingerprint density at radius 3 is 2.56 bits per heavy atom. The number of hydrogen-bond donors (Lipinski definition) is 2. The van der Waals surface area contributed by atoms with Crippen molar-refractivity contribution in [2.75, 3.05) is 0 Å². The molecular weight excluding hydrogens is 221 g/mol. The maximum Gasteiger partial charge on any atom is 0.337 e. The number of carboxylic acid groups (broad SMARTS) is 1. The lowest BCUT2D eigenvalue weighted by atomic mass is 10.0. The first-order valence-electron chi connectivity index (χ1n) is 4.20. The minimum absolute atomic E-state index is 0.303. The minimum atomic E-state index is -2.04. The zero-order valence-corrected chi connectivity index (χ0v) is 8.18. The Hall–Kier alpha value is -2.02. The van der Waals surface area contributed by atoms with Gasteiger partial charge in [-0.3, -0.25) is 10.1 Å². The number of benzene rings is 1. The highest BCUT2D eigenvalue weighted by atomic mass is 19.1. The van der Waals surface area contributed by atoms with E-state index >= 15 is 0 Å². The fourth-order valence-corrected chi connectivity index (χ4v) is 1.29. The molecule has 0 heterocycles. The molecule has 0 spiro atoms. The molecule has 2 N–H and O–H groups in total. The summed E-state index contributed by atoms with van der Waals surface area (Å²) < 4.78 is 13.1. The number of carbonyl (C=O) groups is 1. The van der Waals surface area contributed by atoms with Crippen molar-refractivity contribution in [3.63, 3.8) is 0 Å². The van der Waals surface area contributed by atoms with Gasteiger partial charge in [-0.1, -0.05) is 0 Å². The summed E-state index contributed by atoms with van der Waals surface area (Å²) in [5.41, 5.74) is -1.45. The van der Waals surface area contributed by atoms with Crippen LogP contribution in [0.3, 0.4) is 0 Å². The zero-order valence-electron chi connectivity index (χ0n) is 8.18. The van der Waals surface area contributed by atoms with E-state index in [0.29, 0.717) is 0 Å². The first kappa shape index (κ1) is 12.1. The molecule has 0 bridgehead atoms. The fourth-order valence-electron chi connectivity index (χ4n) is 1.29. The van der Waals surface area contributed by atoms with Gasteiger partial charge in [-0.25, -0.2) is 9.18 Å². The van der Waals surface area contributed by atoms with Crippen LogP contribution in [0.1, 0.15) is 17.2 Å². The maximum atomic E-state index is 13.1. The highest BCUT2D eigenvalue weighted by molar-refractivity contribution is 5.76. The van der Waals surface area contributed by atoms with Gasteiger partial charge in [-0.2, -0.15) is 0 Å². The molecule has 7 heteroatoms. The van der Waals surface area contributed by atoms with E-state index in [0.717, 1.165) is 19.1 Å². The first-order valence-corrected chi connectivity index (χ1v) is 4.20. The number of nitro groups is 1. The second-order valence-electron chi connectivity index (χ2n) is 3.11. The predicted molar refractivity (Wildman–Crippen MR) is 50.4 cm³/mol. The molecule has 6 nitrogen and oxygen atoms in total. The van der Waals surface area contributed by atoms with Gasteiger partial charge < -0.3 is 10.2 Å². The monoisotopic (exact) mass is 229 g/mol. The SMILES string of the molecule is Cc1c(F)ccc(C(O)C(=O)O)c1[N+](=O)[O-]. The normalized spacial score (nSPS) is 12.2. The van der Waals surface area contributed by atoms with Crippen LogP contribution in [0.15, 0.2) is 12.1 Å². The lowest BCUT2D eigenvalue weighted by Crippen LogP contribution is -2.13. The van der Waals surface area contributed by atoms with Crippen molar-refractivity contribution in [3.8, 4) is 0 Å². The average molecular weight is 229 g/mol. The number of aliphatic carboxylic acids is 1. The molecule has 0 fully saturated rings. The summed E-state index contributed by atoms with van der Waals surface area (Å²) in [6.07, 6.45) is -2.04. The number of aliphatic hydroxyl groups is 1. The smallest absolute Gasteiger partial charge is 0.337 e. The molecule has 0 aromatic heterocycles. The Labute approximate surface area is 89.1 Å². The van der Waals surface area contributed by atoms with E-state index in [-0.39, 0.29) is 5.56 Å². The molecule has 0 aliphatic heterocycles. The molecule has 0 radical (unpaired) electrons. The van der Waals surface area contributed by atoms with Gasteiger partial charge in [0.1, 0.15) is 5.82 Å². The Kier molecular flexibility index (Phi) is 3.19. The number of nitro benzene ring substituents is 1. The third kappa shape index (κ3) is 1.98. The highest BCUT2D eigenvalue weighted by Gasteiger charge is 2.28. The van der Waals surface area contributed by atoms with Gasteiger partial charge in [0.2, 0.25) is 0 Å². The van der Waals surface area contributed by atoms with Gasteiger partial charge in [0.15, 0.2) is 6.10 Å². The van der Waals surface area contributed by atoms with E-state index in [1.165, 1.54) is 0 Å². The van der Waals surface area contributed by atoms with E-state index in [1.807, 2.05) is 0 Å². The first-order chi connectivity index (χ1) is 7.36. The van der Waals surface area contributed by atoms with E-state index in [2.05, 4.69) is 0 Å². The minimum Gasteiger partial charge on any atom is -0.479 e. The number of halogens is 1. The number of nitrogens with zero attached hydrogens (tertiary/aromatic N) is 1. The summed E-state index contributed by atoms with van der Waals surface area (Å²) in [5, 5.41) is 28.4. The molecule has 0 amide bonds. The molecule has 86 valence electrons. The van der Waals surface area contributed by atoms with Gasteiger partial charge in [-0.05, 0) is 19.1 Å². The molecule has 16 heavy (non-hydrogen) atoms. The van der Waals surface area contributed by atoms with Crippen LogP contribution < -0.4 is 0 Å². The Balaban J connectivity index is 3.46. The molecule has 0 saturated heterocycles. The van der Waals surface area contributed by atoms with Gasteiger partial charge >= 0.3 is 5.97 Å². The Morgan fingerprint density at radius 2 is 2.12 bits per heavy atom. The van der Waals surface area contributed by atoms with Crippen molar-refractivity contribution in [1.29, 1.82) is 0 Å². The van der Waals surface area contributed by atoms with Crippen molar-refractivity contribution in [1.82, 2.24) is 0 Å². The predicted octanol–water partition coefficient (Wildman–Crippen LogP) is 1.16. The molecule has 1 unspecified atom stereocenters. The Bertz CT molecular complexity index is 459. The molecule has 0 aliphatic rings. The van der Waals surface area contributed by atoms with Crippen LogP contribution in [0.2, 0.25) is 0 Å². The lowest BCUT2D eigenvalue weighted by Gasteiger charge is -2.08. The third-order valence-electron chi connectivity index (χ3n) is 2.11. The average Bonchev–Trinajstić information content (AvgIpc) is 2.20. The largest absolute Gasteiger partial charge is 0.479 e. The van der Waals surface area contributed by atoms with Gasteiger partial charge in [0.05, 0.1) is 16.1 Å². The van der Waals surface area contributed by atoms with Crippen molar-refractivity contribution >= 4 is 11.7 Å². The van der Waals surface area contributed by atoms with Gasteiger partial charge in [-0.15, -0.1) is 0 Å². The standard InChI is InChI=1S/C9H8FNO5/c1-4-6(10)3-2-5(7(4)11(15)16)8(12)9(13)14/h2-3,8,12H,1H3,(H,13,14). The van der Waals surface area contributed by atoms with Crippen LogP contribution in [0.25, 0.3) is 0 Å².